The molecule has 1 unspecified atom stereocenters. The summed E-state index contributed by atoms with van der Waals surface area (Å²) in [6.07, 6.45) is -2.06. The average molecular weight is 365 g/mol. The van der Waals surface area contributed by atoms with Crippen molar-refractivity contribution in [3.8, 4) is 0 Å². The highest BCUT2D eigenvalue weighted by atomic mass is 32.2. The predicted octanol–water partition coefficient (Wildman–Crippen LogP) is -1.52. The Hall–Kier alpha value is -1.53. The zero-order valence-corrected chi connectivity index (χ0v) is 14.0. The van der Waals surface area contributed by atoms with Crippen molar-refractivity contribution in [3.05, 3.63) is 32.6 Å². The SMILES string of the molecule is [2H]C[C@H]1O[C@@H](n2cc(C)c(=O)[nH]c2=O)[C@@H](OCCOS(C)(=O)=O)C1O. The van der Waals surface area contributed by atoms with Crippen LogP contribution in [0.25, 0.3) is 0 Å². The maximum atomic E-state index is 12.0. The number of ether oxygens (including phenoxy) is 2. The Morgan fingerprint density at radius 1 is 1.46 bits per heavy atom. The molecule has 0 bridgehead atoms. The molecule has 0 spiro atoms. The summed E-state index contributed by atoms with van der Waals surface area (Å²) in [5, 5.41) is 10.2. The van der Waals surface area contributed by atoms with E-state index in [0.717, 1.165) is 10.8 Å². The van der Waals surface area contributed by atoms with E-state index < -0.39 is 45.9 Å². The van der Waals surface area contributed by atoms with Crippen LogP contribution >= 0.6 is 0 Å². The number of nitrogens with one attached hydrogen (secondary N) is 1. The largest absolute Gasteiger partial charge is 0.388 e. The van der Waals surface area contributed by atoms with Gasteiger partial charge in [0.25, 0.3) is 15.7 Å². The van der Waals surface area contributed by atoms with Crippen LogP contribution in [0.5, 0.6) is 0 Å². The van der Waals surface area contributed by atoms with Crippen molar-refractivity contribution >= 4 is 10.1 Å². The van der Waals surface area contributed by atoms with Crippen LogP contribution in [-0.2, 0) is 23.8 Å². The second kappa shape index (κ2) is 7.15. The number of rotatable bonds is 6. The molecule has 0 saturated carbocycles. The smallest absolute Gasteiger partial charge is 0.330 e. The second-order valence-electron chi connectivity index (χ2n) is 5.40. The first-order chi connectivity index (χ1) is 11.6. The van der Waals surface area contributed by atoms with Crippen LogP contribution in [0.2, 0.25) is 0 Å². The van der Waals surface area contributed by atoms with Crippen LogP contribution in [0.3, 0.4) is 0 Å². The average Bonchev–Trinajstić information content (AvgIpc) is 2.82. The molecule has 0 amide bonds. The fourth-order valence-corrected chi connectivity index (χ4v) is 2.64. The number of nitrogens with zero attached hydrogens (tertiary/aromatic N) is 1. The summed E-state index contributed by atoms with van der Waals surface area (Å²) in [6.45, 7) is 0.767. The first kappa shape index (κ1) is 17.3. The molecule has 0 aliphatic carbocycles. The molecule has 11 heteroatoms. The van der Waals surface area contributed by atoms with Gasteiger partial charge in [-0.25, -0.2) is 4.79 Å². The van der Waals surface area contributed by atoms with Crippen molar-refractivity contribution in [1.82, 2.24) is 9.55 Å². The summed E-state index contributed by atoms with van der Waals surface area (Å²) < 4.78 is 45.8. The molecule has 0 radical (unpaired) electrons. The Morgan fingerprint density at radius 3 is 2.79 bits per heavy atom. The van der Waals surface area contributed by atoms with Gasteiger partial charge >= 0.3 is 5.69 Å². The van der Waals surface area contributed by atoms with E-state index in [-0.39, 0.29) is 25.7 Å². The van der Waals surface area contributed by atoms with Crippen LogP contribution in [0.4, 0.5) is 0 Å². The van der Waals surface area contributed by atoms with Crippen molar-refractivity contribution in [1.29, 1.82) is 0 Å². The van der Waals surface area contributed by atoms with E-state index in [2.05, 4.69) is 9.17 Å². The molecule has 1 saturated heterocycles. The highest BCUT2D eigenvalue weighted by molar-refractivity contribution is 7.85. The molecule has 1 aliphatic heterocycles. The first-order valence-corrected chi connectivity index (χ1v) is 8.86. The lowest BCUT2D eigenvalue weighted by Gasteiger charge is -2.22. The monoisotopic (exact) mass is 365 g/mol. The highest BCUT2D eigenvalue weighted by Gasteiger charge is 2.43. The van der Waals surface area contributed by atoms with Gasteiger partial charge in [-0.05, 0) is 13.8 Å². The summed E-state index contributed by atoms with van der Waals surface area (Å²) >= 11 is 0. The zero-order chi connectivity index (χ0) is 18.8. The van der Waals surface area contributed by atoms with E-state index in [4.69, 9.17) is 10.8 Å². The number of aliphatic hydroxyl groups is 1. The van der Waals surface area contributed by atoms with Crippen molar-refractivity contribution in [2.24, 2.45) is 0 Å². The molecule has 10 nitrogen and oxygen atoms in total. The zero-order valence-electron chi connectivity index (χ0n) is 14.2. The van der Waals surface area contributed by atoms with Crippen molar-refractivity contribution in [2.75, 3.05) is 19.5 Å². The number of aliphatic hydroxyl groups excluding tert-OH is 1. The number of hydrogen-bond acceptors (Lipinski definition) is 8. The van der Waals surface area contributed by atoms with Crippen LogP contribution in [0.1, 0.15) is 20.1 Å². The summed E-state index contributed by atoms with van der Waals surface area (Å²) in [5.74, 6) is 0. The normalized spacial score (nSPS) is 28.0. The molecule has 2 heterocycles. The molecular formula is C13H20N2O8S. The Balaban J connectivity index is 2.20. The van der Waals surface area contributed by atoms with E-state index in [0.29, 0.717) is 0 Å². The Bertz CT molecular complexity index is 820. The van der Waals surface area contributed by atoms with Gasteiger partial charge in [0.05, 0.1) is 25.6 Å². The van der Waals surface area contributed by atoms with E-state index in [1.165, 1.54) is 13.1 Å². The predicted molar refractivity (Wildman–Crippen MR) is 82.2 cm³/mol. The molecule has 1 aromatic heterocycles. The second-order valence-corrected chi connectivity index (χ2v) is 7.04. The lowest BCUT2D eigenvalue weighted by atomic mass is 10.1. The van der Waals surface area contributed by atoms with E-state index in [1.807, 2.05) is 0 Å². The lowest BCUT2D eigenvalue weighted by molar-refractivity contribution is -0.0744. The van der Waals surface area contributed by atoms with Crippen LogP contribution in [0.15, 0.2) is 15.8 Å². The van der Waals surface area contributed by atoms with Gasteiger partial charge in [0.2, 0.25) is 0 Å². The Morgan fingerprint density at radius 2 is 2.17 bits per heavy atom. The highest BCUT2D eigenvalue weighted by Crippen LogP contribution is 2.30. The Labute approximate surface area is 139 Å². The lowest BCUT2D eigenvalue weighted by Crippen LogP contribution is -2.40. The molecule has 136 valence electrons. The molecule has 1 fully saturated rings. The quantitative estimate of drug-likeness (QED) is 0.458. The van der Waals surface area contributed by atoms with E-state index in [9.17, 15) is 23.1 Å². The minimum atomic E-state index is -3.63. The maximum Gasteiger partial charge on any atom is 0.330 e. The van der Waals surface area contributed by atoms with E-state index >= 15 is 0 Å². The van der Waals surface area contributed by atoms with Crippen molar-refractivity contribution in [3.63, 3.8) is 0 Å². The Kier molecular flexibility index (Phi) is 5.15. The summed E-state index contributed by atoms with van der Waals surface area (Å²) in [4.78, 5) is 25.6. The van der Waals surface area contributed by atoms with Crippen LogP contribution in [0, 0.1) is 6.92 Å². The van der Waals surface area contributed by atoms with Gasteiger partial charge in [-0.3, -0.25) is 18.5 Å². The minimum Gasteiger partial charge on any atom is -0.388 e. The van der Waals surface area contributed by atoms with Gasteiger partial charge in [0.15, 0.2) is 6.23 Å². The van der Waals surface area contributed by atoms with Gasteiger partial charge in [-0.2, -0.15) is 8.42 Å². The molecule has 0 aromatic carbocycles. The van der Waals surface area contributed by atoms with Crippen molar-refractivity contribution in [2.45, 2.75) is 38.4 Å². The van der Waals surface area contributed by atoms with Gasteiger partial charge in [-0.1, -0.05) is 0 Å². The third-order valence-corrected chi connectivity index (χ3v) is 4.02. The molecule has 24 heavy (non-hydrogen) atoms. The minimum absolute atomic E-state index is 0.184. The van der Waals surface area contributed by atoms with Crippen LogP contribution in [-0.4, -0.2) is 60.9 Å². The summed E-state index contributed by atoms with van der Waals surface area (Å²) in [7, 11) is -3.63. The van der Waals surface area contributed by atoms with Gasteiger partial charge in [-0.15, -0.1) is 0 Å². The number of aromatic nitrogens is 2. The van der Waals surface area contributed by atoms with Gasteiger partial charge in [0.1, 0.15) is 12.2 Å². The first-order valence-electron chi connectivity index (χ1n) is 7.75. The summed E-state index contributed by atoms with van der Waals surface area (Å²) in [6, 6.07) is 0. The molecule has 4 atom stereocenters. The number of hydrogen-bond donors (Lipinski definition) is 2. The van der Waals surface area contributed by atoms with Crippen LogP contribution < -0.4 is 11.2 Å². The molecule has 1 aliphatic rings. The van der Waals surface area contributed by atoms with Crippen molar-refractivity contribution < 1.29 is 28.6 Å². The topological polar surface area (TPSA) is 137 Å². The molecule has 2 rings (SSSR count). The standard InChI is InChI=1S/C13H20N2O8S/c1-7-6-15(13(18)14-11(7)17)12-10(9(16)8(2)23-12)21-4-5-22-24(3,19)20/h6,8-10,12,16H,4-5H2,1-3H3,(H,14,17,18)/t8-,9?,10+,12-/m1/s1/i2D. The molecule has 2 N–H and O–H groups in total. The third-order valence-electron chi connectivity index (χ3n) is 3.42. The van der Waals surface area contributed by atoms with E-state index in [1.54, 1.807) is 0 Å². The number of H-pyrrole nitrogens is 1. The fourth-order valence-electron chi connectivity index (χ4n) is 2.27. The number of aryl methyl sites for hydroxylation is 1. The number of aromatic amines is 1. The fraction of sp³-hybridized carbons (Fsp3) is 0.692. The maximum absolute atomic E-state index is 12.0. The molecular weight excluding hydrogens is 344 g/mol. The molecule has 1 aromatic rings. The van der Waals surface area contributed by atoms with Gasteiger partial charge < -0.3 is 14.6 Å². The van der Waals surface area contributed by atoms with Gasteiger partial charge in [0, 0.05) is 13.1 Å². The third kappa shape index (κ3) is 4.30. The summed E-state index contributed by atoms with van der Waals surface area (Å²) in [5.41, 5.74) is -1.04.